The third-order valence-electron chi connectivity index (χ3n) is 4.07. The van der Waals surface area contributed by atoms with E-state index in [2.05, 4.69) is 5.32 Å². The molecule has 0 bridgehead atoms. The molecule has 2 rings (SSSR count). The SMILES string of the molecule is CN(C)C(CNC(=O)C1(C)CC1(Cl)Cl)c1cccc(F)c1. The van der Waals surface area contributed by atoms with Gasteiger partial charge in [0.05, 0.1) is 11.5 Å². The molecule has 0 radical (unpaired) electrons. The number of rotatable bonds is 5. The second kappa shape index (κ2) is 5.75. The van der Waals surface area contributed by atoms with Gasteiger partial charge in [0.1, 0.15) is 10.2 Å². The van der Waals surface area contributed by atoms with E-state index in [1.54, 1.807) is 13.0 Å². The summed E-state index contributed by atoms with van der Waals surface area (Å²) < 4.78 is 12.4. The molecule has 0 aromatic heterocycles. The maximum absolute atomic E-state index is 13.3. The predicted molar refractivity (Wildman–Crippen MR) is 83.0 cm³/mol. The minimum Gasteiger partial charge on any atom is -0.354 e. The van der Waals surface area contributed by atoms with E-state index in [-0.39, 0.29) is 17.8 Å². The van der Waals surface area contributed by atoms with Gasteiger partial charge >= 0.3 is 0 Å². The van der Waals surface area contributed by atoms with Crippen molar-refractivity contribution in [2.24, 2.45) is 5.41 Å². The predicted octanol–water partition coefficient (Wildman–Crippen LogP) is 3.13. The van der Waals surface area contributed by atoms with E-state index in [0.717, 1.165) is 5.56 Å². The number of halogens is 3. The number of carbonyl (C=O) groups is 1. The van der Waals surface area contributed by atoms with E-state index in [0.29, 0.717) is 13.0 Å². The van der Waals surface area contributed by atoms with E-state index in [9.17, 15) is 9.18 Å². The van der Waals surface area contributed by atoms with Crippen LogP contribution >= 0.6 is 23.2 Å². The summed E-state index contributed by atoms with van der Waals surface area (Å²) in [6, 6.07) is 6.25. The third kappa shape index (κ3) is 3.33. The van der Waals surface area contributed by atoms with Crippen molar-refractivity contribution in [1.29, 1.82) is 0 Å². The van der Waals surface area contributed by atoms with Gasteiger partial charge in [-0.2, -0.15) is 0 Å². The summed E-state index contributed by atoms with van der Waals surface area (Å²) in [6.07, 6.45) is 0.446. The molecule has 21 heavy (non-hydrogen) atoms. The molecule has 0 aliphatic heterocycles. The molecule has 6 heteroatoms. The van der Waals surface area contributed by atoms with Gasteiger partial charge in [-0.15, -0.1) is 23.2 Å². The fourth-order valence-corrected chi connectivity index (χ4v) is 3.05. The number of likely N-dealkylation sites (N-methyl/N-ethyl adjacent to an activating group) is 1. The number of nitrogens with one attached hydrogen (secondary N) is 1. The average Bonchev–Trinajstić information content (AvgIpc) is 2.89. The second-order valence-electron chi connectivity index (χ2n) is 5.96. The van der Waals surface area contributed by atoms with E-state index >= 15 is 0 Å². The van der Waals surface area contributed by atoms with Crippen LogP contribution in [0, 0.1) is 11.2 Å². The Morgan fingerprint density at radius 3 is 2.57 bits per heavy atom. The fraction of sp³-hybridized carbons (Fsp3) is 0.533. The van der Waals surface area contributed by atoms with E-state index in [4.69, 9.17) is 23.2 Å². The number of carbonyl (C=O) groups excluding carboxylic acids is 1. The van der Waals surface area contributed by atoms with Crippen LogP contribution in [0.15, 0.2) is 24.3 Å². The summed E-state index contributed by atoms with van der Waals surface area (Å²) in [5, 5.41) is 2.87. The first-order valence-electron chi connectivity index (χ1n) is 6.75. The molecule has 1 N–H and O–H groups in total. The standard InChI is InChI=1S/C15H19Cl2FN2O/c1-14(9-15(14,16)17)13(21)19-8-12(20(2)3)10-5-4-6-11(18)7-10/h4-7,12H,8-9H2,1-3H3,(H,19,21). The highest BCUT2D eigenvalue weighted by atomic mass is 35.5. The molecular weight excluding hydrogens is 314 g/mol. The topological polar surface area (TPSA) is 32.3 Å². The van der Waals surface area contributed by atoms with Gasteiger partial charge in [0, 0.05) is 6.54 Å². The summed E-state index contributed by atoms with van der Waals surface area (Å²) in [7, 11) is 3.77. The van der Waals surface area contributed by atoms with Gasteiger partial charge in [0.15, 0.2) is 0 Å². The lowest BCUT2D eigenvalue weighted by molar-refractivity contribution is -0.126. The van der Waals surface area contributed by atoms with Gasteiger partial charge in [-0.1, -0.05) is 12.1 Å². The molecule has 0 spiro atoms. The molecule has 2 atom stereocenters. The van der Waals surface area contributed by atoms with Crippen LogP contribution in [-0.4, -0.2) is 35.8 Å². The highest BCUT2D eigenvalue weighted by Gasteiger charge is 2.67. The molecule has 1 saturated carbocycles. The summed E-state index contributed by atoms with van der Waals surface area (Å²) in [5.74, 6) is -0.462. The molecular formula is C15H19Cl2FN2O. The Hall–Kier alpha value is -0.840. The maximum atomic E-state index is 13.3. The van der Waals surface area contributed by atoms with Crippen LogP contribution in [0.3, 0.4) is 0 Å². The third-order valence-corrected chi connectivity index (χ3v) is 5.17. The normalized spacial score (nSPS) is 24.7. The highest BCUT2D eigenvalue weighted by Crippen LogP contribution is 2.63. The van der Waals surface area contributed by atoms with Gasteiger partial charge in [0.2, 0.25) is 5.91 Å². The molecule has 1 aromatic carbocycles. The molecule has 1 aliphatic carbocycles. The number of alkyl halides is 2. The zero-order valence-corrected chi connectivity index (χ0v) is 13.8. The first kappa shape index (κ1) is 16.5. The van der Waals surface area contributed by atoms with Crippen molar-refractivity contribution in [3.63, 3.8) is 0 Å². The zero-order chi connectivity index (χ0) is 15.8. The van der Waals surface area contributed by atoms with Crippen molar-refractivity contribution in [2.75, 3.05) is 20.6 Å². The van der Waals surface area contributed by atoms with E-state index in [1.165, 1.54) is 12.1 Å². The Kier molecular flexibility index (Phi) is 4.52. The Labute approximate surface area is 134 Å². The highest BCUT2D eigenvalue weighted by molar-refractivity contribution is 6.53. The molecule has 3 nitrogen and oxygen atoms in total. The lowest BCUT2D eigenvalue weighted by Gasteiger charge is -2.26. The molecule has 2 unspecified atom stereocenters. The lowest BCUT2D eigenvalue weighted by Crippen LogP contribution is -2.39. The largest absolute Gasteiger partial charge is 0.354 e. The van der Waals surface area contributed by atoms with Crippen molar-refractivity contribution < 1.29 is 9.18 Å². The summed E-state index contributed by atoms with van der Waals surface area (Å²) in [6.45, 7) is 2.11. The number of hydrogen-bond donors (Lipinski definition) is 1. The lowest BCUT2D eigenvalue weighted by atomic mass is 10.0. The first-order valence-corrected chi connectivity index (χ1v) is 7.51. The Bertz CT molecular complexity index is 550. The van der Waals surface area contributed by atoms with E-state index < -0.39 is 9.75 Å². The summed E-state index contributed by atoms with van der Waals surface area (Å²) in [4.78, 5) is 14.1. The molecule has 0 heterocycles. The summed E-state index contributed by atoms with van der Waals surface area (Å²) >= 11 is 12.0. The number of amides is 1. The van der Waals surface area contributed by atoms with Gasteiger partial charge in [-0.05, 0) is 45.1 Å². The molecule has 1 aromatic rings. The van der Waals surface area contributed by atoms with E-state index in [1.807, 2.05) is 25.1 Å². The Balaban J connectivity index is 2.04. The van der Waals surface area contributed by atoms with Crippen molar-refractivity contribution in [3.05, 3.63) is 35.6 Å². The van der Waals surface area contributed by atoms with Crippen molar-refractivity contribution in [1.82, 2.24) is 10.2 Å². The van der Waals surface area contributed by atoms with Crippen LogP contribution in [0.2, 0.25) is 0 Å². The van der Waals surface area contributed by atoms with Gasteiger partial charge < -0.3 is 10.2 Å². The number of benzene rings is 1. The monoisotopic (exact) mass is 332 g/mol. The Morgan fingerprint density at radius 2 is 2.10 bits per heavy atom. The second-order valence-corrected chi connectivity index (χ2v) is 7.44. The zero-order valence-electron chi connectivity index (χ0n) is 12.3. The minimum absolute atomic E-state index is 0.118. The fourth-order valence-electron chi connectivity index (χ4n) is 2.34. The first-order chi connectivity index (χ1) is 9.67. The average molecular weight is 333 g/mol. The van der Waals surface area contributed by atoms with Crippen LogP contribution < -0.4 is 5.32 Å². The quantitative estimate of drug-likeness (QED) is 0.840. The van der Waals surface area contributed by atoms with Crippen LogP contribution in [-0.2, 0) is 4.79 Å². The number of nitrogens with zero attached hydrogens (tertiary/aromatic N) is 1. The van der Waals surface area contributed by atoms with Crippen molar-refractivity contribution in [2.45, 2.75) is 23.7 Å². The summed E-state index contributed by atoms with van der Waals surface area (Å²) in [5.41, 5.74) is 0.0683. The Morgan fingerprint density at radius 1 is 1.48 bits per heavy atom. The van der Waals surface area contributed by atoms with Crippen LogP contribution in [0.5, 0.6) is 0 Å². The molecule has 1 amide bonds. The number of hydrogen-bond acceptors (Lipinski definition) is 2. The van der Waals surface area contributed by atoms with Crippen LogP contribution in [0.4, 0.5) is 4.39 Å². The molecule has 0 saturated heterocycles. The minimum atomic E-state index is -0.983. The smallest absolute Gasteiger partial charge is 0.229 e. The molecule has 116 valence electrons. The van der Waals surface area contributed by atoms with Gasteiger partial charge in [0.25, 0.3) is 0 Å². The van der Waals surface area contributed by atoms with Crippen LogP contribution in [0.1, 0.15) is 24.9 Å². The van der Waals surface area contributed by atoms with Gasteiger partial charge in [-0.25, -0.2) is 4.39 Å². The van der Waals surface area contributed by atoms with Crippen molar-refractivity contribution >= 4 is 29.1 Å². The van der Waals surface area contributed by atoms with Crippen LogP contribution in [0.25, 0.3) is 0 Å². The van der Waals surface area contributed by atoms with Crippen molar-refractivity contribution in [3.8, 4) is 0 Å². The molecule has 1 aliphatic rings. The maximum Gasteiger partial charge on any atom is 0.229 e. The van der Waals surface area contributed by atoms with Gasteiger partial charge in [-0.3, -0.25) is 4.79 Å². The molecule has 1 fully saturated rings.